The third kappa shape index (κ3) is 3.60. The molecule has 0 fully saturated rings. The van der Waals surface area contributed by atoms with Crippen molar-refractivity contribution in [3.8, 4) is 0 Å². The highest BCUT2D eigenvalue weighted by molar-refractivity contribution is 5.94. The quantitative estimate of drug-likeness (QED) is 0.390. The fourth-order valence-corrected chi connectivity index (χ4v) is 0.662. The van der Waals surface area contributed by atoms with Gasteiger partial charge in [-0.2, -0.15) is 0 Å². The van der Waals surface area contributed by atoms with Crippen molar-refractivity contribution in [2.45, 2.75) is 26.4 Å². The molecule has 0 saturated carbocycles. The van der Waals surface area contributed by atoms with E-state index in [0.29, 0.717) is 0 Å². The Morgan fingerprint density at radius 2 is 1.86 bits per heavy atom. The Hall–Kier alpha value is -1.32. The summed E-state index contributed by atoms with van der Waals surface area (Å²) in [4.78, 5) is 22.3. The van der Waals surface area contributed by atoms with Crippen molar-refractivity contribution in [1.29, 1.82) is 0 Å². The molecule has 0 aliphatic heterocycles. The van der Waals surface area contributed by atoms with Gasteiger partial charge in [0, 0.05) is 0 Å². The lowest BCUT2D eigenvalue weighted by Crippen LogP contribution is -2.32. The van der Waals surface area contributed by atoms with E-state index in [1.807, 2.05) is 0 Å². The third-order valence-corrected chi connectivity index (χ3v) is 1.76. The Balaban J connectivity index is 4.35. The average molecular weight is 200 g/mol. The van der Waals surface area contributed by atoms with Gasteiger partial charge in [0.15, 0.2) is 5.92 Å². The second-order valence-corrected chi connectivity index (χ2v) is 3.47. The van der Waals surface area contributed by atoms with E-state index in [4.69, 9.17) is 4.74 Å². The molecular weight excluding hydrogens is 184 g/mol. The van der Waals surface area contributed by atoms with Crippen LogP contribution in [-0.4, -0.2) is 24.6 Å². The SMILES string of the molecule is C=CC(C)(C)OC(=O)C(C)C(=O)OC. The average Bonchev–Trinajstić information content (AvgIpc) is 2.14. The zero-order chi connectivity index (χ0) is 11.4. The predicted octanol–water partition coefficient (Wildman–Crippen LogP) is 1.30. The van der Waals surface area contributed by atoms with Gasteiger partial charge in [-0.15, -0.1) is 0 Å². The Labute approximate surface area is 83.9 Å². The van der Waals surface area contributed by atoms with Crippen molar-refractivity contribution in [3.05, 3.63) is 12.7 Å². The largest absolute Gasteiger partial charge is 0.468 e. The Morgan fingerprint density at radius 3 is 2.21 bits per heavy atom. The monoisotopic (exact) mass is 200 g/mol. The molecule has 0 aromatic heterocycles. The number of hydrogen-bond acceptors (Lipinski definition) is 4. The van der Waals surface area contributed by atoms with E-state index >= 15 is 0 Å². The molecule has 4 nitrogen and oxygen atoms in total. The fraction of sp³-hybridized carbons (Fsp3) is 0.600. The molecule has 14 heavy (non-hydrogen) atoms. The van der Waals surface area contributed by atoms with Crippen molar-refractivity contribution in [2.75, 3.05) is 7.11 Å². The van der Waals surface area contributed by atoms with E-state index in [1.54, 1.807) is 13.8 Å². The Bertz CT molecular complexity index is 243. The first kappa shape index (κ1) is 12.7. The van der Waals surface area contributed by atoms with Gasteiger partial charge >= 0.3 is 11.9 Å². The summed E-state index contributed by atoms with van der Waals surface area (Å²) in [6, 6.07) is 0. The lowest BCUT2D eigenvalue weighted by Gasteiger charge is -2.22. The summed E-state index contributed by atoms with van der Waals surface area (Å²) in [5.74, 6) is -2.11. The van der Waals surface area contributed by atoms with Crippen LogP contribution in [0, 0.1) is 5.92 Å². The van der Waals surface area contributed by atoms with E-state index < -0.39 is 23.5 Å². The minimum atomic E-state index is -0.903. The van der Waals surface area contributed by atoms with Gasteiger partial charge in [-0.25, -0.2) is 0 Å². The number of ether oxygens (including phenoxy) is 2. The topological polar surface area (TPSA) is 52.6 Å². The smallest absolute Gasteiger partial charge is 0.320 e. The predicted molar refractivity (Wildman–Crippen MR) is 51.5 cm³/mol. The van der Waals surface area contributed by atoms with Gasteiger partial charge in [0.25, 0.3) is 0 Å². The molecule has 0 heterocycles. The molecule has 0 N–H and O–H groups in total. The zero-order valence-electron chi connectivity index (χ0n) is 8.99. The zero-order valence-corrected chi connectivity index (χ0v) is 8.99. The van der Waals surface area contributed by atoms with Crippen LogP contribution in [-0.2, 0) is 19.1 Å². The van der Waals surface area contributed by atoms with Crippen molar-refractivity contribution in [1.82, 2.24) is 0 Å². The van der Waals surface area contributed by atoms with Crippen LogP contribution in [0.25, 0.3) is 0 Å². The molecule has 0 aromatic rings. The fourth-order valence-electron chi connectivity index (χ4n) is 0.662. The first-order valence-electron chi connectivity index (χ1n) is 4.28. The molecule has 0 aromatic carbocycles. The van der Waals surface area contributed by atoms with Crippen LogP contribution in [0.5, 0.6) is 0 Å². The Morgan fingerprint density at radius 1 is 1.36 bits per heavy atom. The molecule has 4 heteroatoms. The molecule has 0 aliphatic carbocycles. The normalized spacial score (nSPS) is 12.9. The van der Waals surface area contributed by atoms with Gasteiger partial charge in [0.1, 0.15) is 5.60 Å². The maximum Gasteiger partial charge on any atom is 0.320 e. The van der Waals surface area contributed by atoms with Crippen LogP contribution in [0.3, 0.4) is 0 Å². The molecule has 0 bridgehead atoms. The summed E-state index contributed by atoms with van der Waals surface area (Å²) < 4.78 is 9.43. The number of carbonyl (C=O) groups is 2. The summed E-state index contributed by atoms with van der Waals surface area (Å²) >= 11 is 0. The summed E-state index contributed by atoms with van der Waals surface area (Å²) in [6.07, 6.45) is 1.49. The van der Waals surface area contributed by atoms with Crippen molar-refractivity contribution in [2.24, 2.45) is 5.92 Å². The molecule has 80 valence electrons. The number of rotatable bonds is 4. The first-order chi connectivity index (χ1) is 6.34. The Kier molecular flexibility index (Phi) is 4.34. The van der Waals surface area contributed by atoms with Gasteiger partial charge in [-0.1, -0.05) is 6.58 Å². The molecule has 1 unspecified atom stereocenters. The summed E-state index contributed by atoms with van der Waals surface area (Å²) in [5, 5.41) is 0. The minimum Gasteiger partial charge on any atom is -0.468 e. The van der Waals surface area contributed by atoms with Gasteiger partial charge in [-0.05, 0) is 26.8 Å². The summed E-state index contributed by atoms with van der Waals surface area (Å²) in [7, 11) is 1.23. The molecular formula is C10H16O4. The molecule has 0 rings (SSSR count). The van der Waals surface area contributed by atoms with E-state index in [2.05, 4.69) is 11.3 Å². The molecule has 0 amide bonds. The highest BCUT2D eigenvalue weighted by Crippen LogP contribution is 2.13. The van der Waals surface area contributed by atoms with E-state index in [1.165, 1.54) is 20.1 Å². The maximum absolute atomic E-state index is 11.3. The highest BCUT2D eigenvalue weighted by atomic mass is 16.6. The van der Waals surface area contributed by atoms with Crippen LogP contribution in [0.4, 0.5) is 0 Å². The second-order valence-electron chi connectivity index (χ2n) is 3.47. The number of hydrogen-bond donors (Lipinski definition) is 0. The maximum atomic E-state index is 11.3. The molecule has 0 aliphatic rings. The van der Waals surface area contributed by atoms with E-state index in [0.717, 1.165) is 0 Å². The number of carbonyl (C=O) groups excluding carboxylic acids is 2. The first-order valence-corrected chi connectivity index (χ1v) is 4.28. The van der Waals surface area contributed by atoms with E-state index in [9.17, 15) is 9.59 Å². The van der Waals surface area contributed by atoms with Crippen molar-refractivity contribution >= 4 is 11.9 Å². The second kappa shape index (κ2) is 4.79. The van der Waals surface area contributed by atoms with Gasteiger partial charge < -0.3 is 9.47 Å². The molecule has 0 saturated heterocycles. The molecule has 0 radical (unpaired) electrons. The van der Waals surface area contributed by atoms with Crippen LogP contribution in [0.2, 0.25) is 0 Å². The number of esters is 2. The number of methoxy groups -OCH3 is 1. The molecule has 0 spiro atoms. The van der Waals surface area contributed by atoms with E-state index in [-0.39, 0.29) is 0 Å². The molecule has 1 atom stereocenters. The summed E-state index contributed by atoms with van der Waals surface area (Å²) in [6.45, 7) is 8.32. The lowest BCUT2D eigenvalue weighted by molar-refractivity contribution is -0.165. The lowest BCUT2D eigenvalue weighted by atomic mass is 10.1. The summed E-state index contributed by atoms with van der Waals surface area (Å²) in [5.41, 5.74) is -0.765. The standard InChI is InChI=1S/C10H16O4/c1-6-10(3,4)14-9(12)7(2)8(11)13-5/h6-7H,1H2,2-5H3. The van der Waals surface area contributed by atoms with Crippen LogP contribution in [0.1, 0.15) is 20.8 Å². The van der Waals surface area contributed by atoms with Crippen LogP contribution < -0.4 is 0 Å². The van der Waals surface area contributed by atoms with Gasteiger partial charge in [-0.3, -0.25) is 9.59 Å². The van der Waals surface area contributed by atoms with Gasteiger partial charge in [0.05, 0.1) is 7.11 Å². The van der Waals surface area contributed by atoms with Crippen LogP contribution >= 0.6 is 0 Å². The minimum absolute atomic E-state index is 0.602. The van der Waals surface area contributed by atoms with Crippen molar-refractivity contribution < 1.29 is 19.1 Å². The highest BCUT2D eigenvalue weighted by Gasteiger charge is 2.28. The van der Waals surface area contributed by atoms with Gasteiger partial charge in [0.2, 0.25) is 0 Å². The third-order valence-electron chi connectivity index (χ3n) is 1.76. The van der Waals surface area contributed by atoms with Crippen LogP contribution in [0.15, 0.2) is 12.7 Å². The van der Waals surface area contributed by atoms with Crippen molar-refractivity contribution in [3.63, 3.8) is 0 Å².